The molecule has 2 amide bonds. The molecular formula is C18H27ClN2O4. The molecule has 25 heavy (non-hydrogen) atoms. The quantitative estimate of drug-likeness (QED) is 0.668. The van der Waals surface area contributed by atoms with E-state index in [0.29, 0.717) is 35.3 Å². The monoisotopic (exact) mass is 370 g/mol. The van der Waals surface area contributed by atoms with Crippen LogP contribution >= 0.6 is 11.6 Å². The molecule has 0 heterocycles. The van der Waals surface area contributed by atoms with Crippen molar-refractivity contribution in [2.45, 2.75) is 33.6 Å². The third kappa shape index (κ3) is 5.53. The van der Waals surface area contributed by atoms with Crippen LogP contribution in [0.3, 0.4) is 0 Å². The smallest absolute Gasteiger partial charge is 0.242 e. The summed E-state index contributed by atoms with van der Waals surface area (Å²) in [4.78, 5) is 28.0. The van der Waals surface area contributed by atoms with Crippen molar-refractivity contribution >= 4 is 29.1 Å². The SMILES string of the molecule is CCCN(CCC)C(=O)CN(C(C)=O)c1cc(OC)c(Cl)cc1OC. The minimum absolute atomic E-state index is 0.0590. The van der Waals surface area contributed by atoms with Crippen molar-refractivity contribution in [3.8, 4) is 11.5 Å². The van der Waals surface area contributed by atoms with E-state index in [1.165, 1.54) is 26.0 Å². The van der Waals surface area contributed by atoms with Gasteiger partial charge in [0.2, 0.25) is 11.8 Å². The number of ether oxygens (including phenoxy) is 2. The second-order valence-corrected chi connectivity index (χ2v) is 6.05. The van der Waals surface area contributed by atoms with E-state index >= 15 is 0 Å². The van der Waals surface area contributed by atoms with Crippen LogP contribution in [0, 0.1) is 0 Å². The molecule has 0 radical (unpaired) electrons. The van der Waals surface area contributed by atoms with E-state index in [9.17, 15) is 9.59 Å². The molecule has 1 rings (SSSR count). The Kier molecular flexibility index (Phi) is 8.55. The van der Waals surface area contributed by atoms with Crippen LogP contribution in [-0.2, 0) is 9.59 Å². The van der Waals surface area contributed by atoms with E-state index in [-0.39, 0.29) is 18.4 Å². The van der Waals surface area contributed by atoms with Gasteiger partial charge in [-0.05, 0) is 12.8 Å². The lowest BCUT2D eigenvalue weighted by molar-refractivity contribution is -0.131. The summed E-state index contributed by atoms with van der Waals surface area (Å²) in [5, 5.41) is 0.372. The lowest BCUT2D eigenvalue weighted by Gasteiger charge is -2.28. The average Bonchev–Trinajstić information content (AvgIpc) is 2.58. The standard InChI is InChI=1S/C18H27ClN2O4/c1-6-8-20(9-7-2)18(23)12-21(13(3)22)15-11-16(24-4)14(19)10-17(15)25-5/h10-11H,6-9,12H2,1-5H3. The van der Waals surface area contributed by atoms with Crippen molar-refractivity contribution in [3.05, 3.63) is 17.2 Å². The molecule has 0 aromatic heterocycles. The van der Waals surface area contributed by atoms with Gasteiger partial charge in [-0.15, -0.1) is 0 Å². The number of hydrogen-bond donors (Lipinski definition) is 0. The molecule has 0 saturated heterocycles. The zero-order valence-corrected chi connectivity index (χ0v) is 16.4. The molecule has 1 aromatic rings. The topological polar surface area (TPSA) is 59.1 Å². The Morgan fingerprint density at radius 2 is 1.60 bits per heavy atom. The number of amides is 2. The van der Waals surface area contributed by atoms with Gasteiger partial charge in [-0.1, -0.05) is 25.4 Å². The van der Waals surface area contributed by atoms with Crippen molar-refractivity contribution in [3.63, 3.8) is 0 Å². The summed E-state index contributed by atoms with van der Waals surface area (Å²) in [5.41, 5.74) is 0.456. The predicted octanol–water partition coefficient (Wildman–Crippen LogP) is 3.36. The number of benzene rings is 1. The molecule has 0 N–H and O–H groups in total. The van der Waals surface area contributed by atoms with Gasteiger partial charge in [0.1, 0.15) is 18.0 Å². The van der Waals surface area contributed by atoms with Gasteiger partial charge in [0.15, 0.2) is 0 Å². The van der Waals surface area contributed by atoms with Crippen molar-refractivity contribution < 1.29 is 19.1 Å². The number of nitrogens with zero attached hydrogens (tertiary/aromatic N) is 2. The second kappa shape index (κ2) is 10.1. The number of anilines is 1. The second-order valence-electron chi connectivity index (χ2n) is 5.64. The number of methoxy groups -OCH3 is 2. The normalized spacial score (nSPS) is 10.3. The van der Waals surface area contributed by atoms with E-state index in [0.717, 1.165) is 12.8 Å². The highest BCUT2D eigenvalue weighted by Crippen LogP contribution is 2.38. The van der Waals surface area contributed by atoms with Crippen LogP contribution in [0.25, 0.3) is 0 Å². The number of carbonyl (C=O) groups is 2. The third-order valence-electron chi connectivity index (χ3n) is 3.76. The zero-order chi connectivity index (χ0) is 19.0. The van der Waals surface area contributed by atoms with E-state index < -0.39 is 0 Å². The number of rotatable bonds is 9. The molecule has 6 nitrogen and oxygen atoms in total. The highest BCUT2D eigenvalue weighted by atomic mass is 35.5. The van der Waals surface area contributed by atoms with E-state index in [4.69, 9.17) is 21.1 Å². The predicted molar refractivity (Wildman–Crippen MR) is 99.7 cm³/mol. The first-order valence-corrected chi connectivity index (χ1v) is 8.74. The maximum Gasteiger partial charge on any atom is 0.242 e. The zero-order valence-electron chi connectivity index (χ0n) is 15.6. The molecule has 0 aliphatic carbocycles. The Morgan fingerprint density at radius 3 is 2.04 bits per heavy atom. The molecule has 0 bridgehead atoms. The molecule has 0 saturated carbocycles. The first-order valence-electron chi connectivity index (χ1n) is 8.36. The number of carbonyl (C=O) groups excluding carboxylic acids is 2. The van der Waals surface area contributed by atoms with Crippen LogP contribution in [0.15, 0.2) is 12.1 Å². The van der Waals surface area contributed by atoms with Crippen LogP contribution in [0.1, 0.15) is 33.6 Å². The van der Waals surface area contributed by atoms with Crippen LogP contribution in [0.5, 0.6) is 11.5 Å². The minimum atomic E-state index is -0.260. The molecule has 0 fully saturated rings. The fourth-order valence-corrected chi connectivity index (χ4v) is 2.79. The largest absolute Gasteiger partial charge is 0.495 e. The Morgan fingerprint density at radius 1 is 1.04 bits per heavy atom. The maximum absolute atomic E-state index is 12.7. The van der Waals surface area contributed by atoms with Crippen LogP contribution in [0.2, 0.25) is 5.02 Å². The third-order valence-corrected chi connectivity index (χ3v) is 4.05. The first kappa shape index (κ1) is 21.1. The Bertz CT molecular complexity index is 601. The molecule has 0 aliphatic rings. The van der Waals surface area contributed by atoms with Crippen LogP contribution < -0.4 is 14.4 Å². The summed E-state index contributed by atoms with van der Waals surface area (Å²) >= 11 is 6.12. The first-order chi connectivity index (χ1) is 11.9. The molecule has 0 unspecified atom stereocenters. The number of hydrogen-bond acceptors (Lipinski definition) is 4. The Hall–Kier alpha value is -1.95. The summed E-state index contributed by atoms with van der Waals surface area (Å²) in [7, 11) is 2.98. The van der Waals surface area contributed by atoms with Crippen molar-refractivity contribution in [1.29, 1.82) is 0 Å². The molecule has 0 atom stereocenters. The summed E-state index contributed by atoms with van der Waals surface area (Å²) in [5.74, 6) is 0.459. The van der Waals surface area contributed by atoms with Crippen molar-refractivity contribution in [2.75, 3.05) is 38.8 Å². The van der Waals surface area contributed by atoms with Gasteiger partial charge in [0.05, 0.1) is 24.9 Å². The molecule has 140 valence electrons. The minimum Gasteiger partial charge on any atom is -0.495 e. The van der Waals surface area contributed by atoms with Gasteiger partial charge in [-0.2, -0.15) is 0 Å². The maximum atomic E-state index is 12.7. The van der Waals surface area contributed by atoms with Gasteiger partial charge in [0.25, 0.3) is 0 Å². The van der Waals surface area contributed by atoms with Crippen LogP contribution in [0.4, 0.5) is 5.69 Å². The fourth-order valence-electron chi connectivity index (χ4n) is 2.56. The van der Waals surface area contributed by atoms with Gasteiger partial charge in [-0.25, -0.2) is 0 Å². The van der Waals surface area contributed by atoms with Gasteiger partial charge in [0, 0.05) is 32.1 Å². The van der Waals surface area contributed by atoms with Gasteiger partial charge >= 0.3 is 0 Å². The highest BCUT2D eigenvalue weighted by Gasteiger charge is 2.24. The van der Waals surface area contributed by atoms with E-state index in [1.54, 1.807) is 17.0 Å². The molecule has 0 spiro atoms. The van der Waals surface area contributed by atoms with E-state index in [1.807, 2.05) is 13.8 Å². The molecule has 0 aliphatic heterocycles. The molecule has 1 aromatic carbocycles. The highest BCUT2D eigenvalue weighted by molar-refractivity contribution is 6.32. The summed E-state index contributed by atoms with van der Waals surface area (Å²) in [6.07, 6.45) is 1.73. The molecular weight excluding hydrogens is 344 g/mol. The fraction of sp³-hybridized carbons (Fsp3) is 0.556. The van der Waals surface area contributed by atoms with Gasteiger partial charge in [-0.3, -0.25) is 14.5 Å². The van der Waals surface area contributed by atoms with E-state index in [2.05, 4.69) is 0 Å². The van der Waals surface area contributed by atoms with Crippen molar-refractivity contribution in [2.24, 2.45) is 0 Å². The summed E-state index contributed by atoms with van der Waals surface area (Å²) in [6, 6.07) is 3.19. The lowest BCUT2D eigenvalue weighted by Crippen LogP contribution is -2.43. The van der Waals surface area contributed by atoms with Crippen molar-refractivity contribution in [1.82, 2.24) is 4.90 Å². The summed E-state index contributed by atoms with van der Waals surface area (Å²) in [6.45, 7) is 6.73. The van der Waals surface area contributed by atoms with Crippen LogP contribution in [-0.4, -0.2) is 50.6 Å². The molecule has 7 heteroatoms. The Labute approximate surface area is 154 Å². The van der Waals surface area contributed by atoms with Gasteiger partial charge < -0.3 is 14.4 Å². The number of halogens is 1. The lowest BCUT2D eigenvalue weighted by atomic mass is 10.2. The average molecular weight is 371 g/mol. The Balaban J connectivity index is 3.19. The summed E-state index contributed by atoms with van der Waals surface area (Å²) < 4.78 is 10.6.